The smallest absolute Gasteiger partial charge is 0.296 e. The minimum Gasteiger partial charge on any atom is -0.397 e. The molecule has 0 heterocycles. The summed E-state index contributed by atoms with van der Waals surface area (Å²) in [5.41, 5.74) is 6.03. The molecule has 0 aromatic heterocycles. The van der Waals surface area contributed by atoms with Crippen molar-refractivity contribution in [3.63, 3.8) is 0 Å². The van der Waals surface area contributed by atoms with Crippen molar-refractivity contribution in [1.82, 2.24) is 0 Å². The molecule has 0 amide bonds. The van der Waals surface area contributed by atoms with Crippen molar-refractivity contribution in [2.24, 2.45) is 5.92 Å². The fourth-order valence-corrected chi connectivity index (χ4v) is 4.49. The van der Waals surface area contributed by atoms with Crippen molar-refractivity contribution in [2.75, 3.05) is 17.6 Å². The largest absolute Gasteiger partial charge is 0.397 e. The van der Waals surface area contributed by atoms with Gasteiger partial charge in [-0.05, 0) is 18.4 Å². The molecule has 1 unspecified atom stereocenters. The van der Waals surface area contributed by atoms with Crippen LogP contribution in [0.3, 0.4) is 0 Å². The molecule has 0 spiro atoms. The lowest BCUT2D eigenvalue weighted by Gasteiger charge is -2.24. The van der Waals surface area contributed by atoms with Gasteiger partial charge in [0.2, 0.25) is 0 Å². The van der Waals surface area contributed by atoms with Gasteiger partial charge in [0.25, 0.3) is 10.1 Å². The van der Waals surface area contributed by atoms with E-state index in [1.807, 2.05) is 0 Å². The standard InChI is InChI=1S/C22H26N2O5S/c1-3-5-8-13(4-2)12-24-16-11-17(30(27,28)29)20(23)19-18(16)21(25)14-9-6-7-10-15(14)22(19)26/h6-7,9-11,13,24H,3-5,8,12,23H2,1-2H3,(H,27,28,29). The van der Waals surface area contributed by atoms with E-state index in [4.69, 9.17) is 5.73 Å². The van der Waals surface area contributed by atoms with Crippen LogP contribution in [0.15, 0.2) is 35.2 Å². The Balaban J connectivity index is 2.15. The minimum atomic E-state index is -4.69. The van der Waals surface area contributed by atoms with E-state index < -0.39 is 32.3 Å². The lowest BCUT2D eigenvalue weighted by atomic mass is 9.82. The molecule has 1 aliphatic rings. The summed E-state index contributed by atoms with van der Waals surface area (Å²) in [5, 5.41) is 3.15. The third-order valence-electron chi connectivity index (χ3n) is 5.60. The van der Waals surface area contributed by atoms with Crippen molar-refractivity contribution in [3.05, 3.63) is 52.6 Å². The van der Waals surface area contributed by atoms with E-state index in [0.29, 0.717) is 12.5 Å². The highest BCUT2D eigenvalue weighted by Gasteiger charge is 2.36. The molecular weight excluding hydrogens is 404 g/mol. The molecule has 1 aliphatic carbocycles. The number of nitrogens with one attached hydrogen (secondary N) is 1. The number of unbranched alkanes of at least 4 members (excludes halogenated alkanes) is 1. The predicted molar refractivity (Wildman–Crippen MR) is 116 cm³/mol. The Bertz CT molecular complexity index is 1110. The SMILES string of the molecule is CCCCC(CC)CNc1cc(S(=O)(=O)O)c(N)c2c1C(=O)c1ccccc1C2=O. The van der Waals surface area contributed by atoms with Crippen LogP contribution in [-0.2, 0) is 10.1 Å². The van der Waals surface area contributed by atoms with Crippen molar-refractivity contribution >= 4 is 33.1 Å². The average Bonchev–Trinajstić information content (AvgIpc) is 2.71. The van der Waals surface area contributed by atoms with Crippen molar-refractivity contribution < 1.29 is 22.6 Å². The average molecular weight is 431 g/mol. The molecule has 0 fully saturated rings. The number of hydrogen-bond donors (Lipinski definition) is 3. The van der Waals surface area contributed by atoms with E-state index in [1.54, 1.807) is 18.2 Å². The van der Waals surface area contributed by atoms with Gasteiger partial charge in [0.1, 0.15) is 4.90 Å². The van der Waals surface area contributed by atoms with Crippen LogP contribution in [0.5, 0.6) is 0 Å². The zero-order valence-electron chi connectivity index (χ0n) is 17.1. The molecule has 3 rings (SSSR count). The fourth-order valence-electron chi connectivity index (χ4n) is 3.84. The predicted octanol–water partition coefficient (Wildman–Crippen LogP) is 3.92. The van der Waals surface area contributed by atoms with Crippen molar-refractivity contribution in [2.45, 2.75) is 44.4 Å². The number of fused-ring (bicyclic) bond motifs is 2. The molecule has 1 atom stereocenters. The molecule has 0 saturated heterocycles. The van der Waals surface area contributed by atoms with Gasteiger partial charge < -0.3 is 11.1 Å². The summed E-state index contributed by atoms with van der Waals surface area (Å²) in [6, 6.07) is 7.50. The maximum atomic E-state index is 13.2. The Hall–Kier alpha value is -2.71. The Morgan fingerprint density at radius 3 is 2.20 bits per heavy atom. The van der Waals surface area contributed by atoms with Gasteiger partial charge in [0.05, 0.1) is 16.8 Å². The summed E-state index contributed by atoms with van der Waals surface area (Å²) in [4.78, 5) is 25.7. The van der Waals surface area contributed by atoms with E-state index >= 15 is 0 Å². The zero-order chi connectivity index (χ0) is 22.1. The summed E-state index contributed by atoms with van der Waals surface area (Å²) in [6.07, 6.45) is 4.01. The minimum absolute atomic E-state index is 0.0499. The Morgan fingerprint density at radius 2 is 1.67 bits per heavy atom. The van der Waals surface area contributed by atoms with Gasteiger partial charge in [0.15, 0.2) is 11.6 Å². The van der Waals surface area contributed by atoms with Crippen LogP contribution < -0.4 is 11.1 Å². The maximum absolute atomic E-state index is 13.2. The van der Waals surface area contributed by atoms with Crippen molar-refractivity contribution in [1.29, 1.82) is 0 Å². The first-order valence-corrected chi connectivity index (χ1v) is 11.5. The van der Waals surface area contributed by atoms with Gasteiger partial charge in [0, 0.05) is 23.4 Å². The highest BCUT2D eigenvalue weighted by molar-refractivity contribution is 7.86. The van der Waals surface area contributed by atoms with Gasteiger partial charge in [-0.1, -0.05) is 57.4 Å². The molecule has 0 bridgehead atoms. The van der Waals surface area contributed by atoms with E-state index in [1.165, 1.54) is 6.07 Å². The summed E-state index contributed by atoms with van der Waals surface area (Å²) in [7, 11) is -4.69. The monoisotopic (exact) mass is 430 g/mol. The number of hydrogen-bond acceptors (Lipinski definition) is 6. The van der Waals surface area contributed by atoms with E-state index in [-0.39, 0.29) is 27.9 Å². The van der Waals surface area contributed by atoms with Crippen LogP contribution in [0.4, 0.5) is 11.4 Å². The lowest BCUT2D eigenvalue weighted by molar-refractivity contribution is 0.0980. The molecule has 0 radical (unpaired) electrons. The second-order valence-corrected chi connectivity index (χ2v) is 8.95. The molecule has 8 heteroatoms. The van der Waals surface area contributed by atoms with Crippen LogP contribution in [-0.4, -0.2) is 31.1 Å². The quantitative estimate of drug-likeness (QED) is 0.365. The molecule has 2 aromatic rings. The first kappa shape index (κ1) is 22.0. The third-order valence-corrected chi connectivity index (χ3v) is 6.50. The van der Waals surface area contributed by atoms with Gasteiger partial charge in [-0.2, -0.15) is 8.42 Å². The van der Waals surface area contributed by atoms with Gasteiger partial charge in [-0.25, -0.2) is 0 Å². The number of nitrogens with two attached hydrogens (primary N) is 1. The Labute approximate surface area is 176 Å². The third kappa shape index (κ3) is 3.97. The number of ketones is 2. The van der Waals surface area contributed by atoms with Crippen molar-refractivity contribution in [3.8, 4) is 0 Å². The topological polar surface area (TPSA) is 127 Å². The highest BCUT2D eigenvalue weighted by Crippen LogP contribution is 2.39. The van der Waals surface area contributed by atoms with Crippen LogP contribution >= 0.6 is 0 Å². The fraction of sp³-hybridized carbons (Fsp3) is 0.364. The zero-order valence-corrected chi connectivity index (χ0v) is 17.9. The number of carbonyl (C=O) groups is 2. The molecule has 30 heavy (non-hydrogen) atoms. The van der Waals surface area contributed by atoms with Crippen LogP contribution in [0, 0.1) is 5.92 Å². The second kappa shape index (κ2) is 8.57. The van der Waals surface area contributed by atoms with E-state index in [0.717, 1.165) is 31.7 Å². The highest BCUT2D eigenvalue weighted by atomic mass is 32.2. The number of benzene rings is 2. The van der Waals surface area contributed by atoms with E-state index in [2.05, 4.69) is 19.2 Å². The van der Waals surface area contributed by atoms with Crippen LogP contribution in [0.1, 0.15) is 71.4 Å². The molecule has 7 nitrogen and oxygen atoms in total. The van der Waals surface area contributed by atoms with E-state index in [9.17, 15) is 22.6 Å². The normalized spacial score (nSPS) is 14.2. The maximum Gasteiger partial charge on any atom is 0.296 e. The molecule has 0 aliphatic heterocycles. The van der Waals surface area contributed by atoms with Gasteiger partial charge in [-0.3, -0.25) is 14.1 Å². The number of rotatable bonds is 8. The molecular formula is C22H26N2O5S. The first-order valence-electron chi connectivity index (χ1n) is 10.1. The molecule has 0 saturated carbocycles. The molecule has 4 N–H and O–H groups in total. The van der Waals surface area contributed by atoms with Gasteiger partial charge in [-0.15, -0.1) is 0 Å². The van der Waals surface area contributed by atoms with Crippen LogP contribution in [0.2, 0.25) is 0 Å². The molecule has 160 valence electrons. The van der Waals surface area contributed by atoms with Crippen LogP contribution in [0.25, 0.3) is 0 Å². The summed E-state index contributed by atoms with van der Waals surface area (Å²) in [6.45, 7) is 4.67. The Morgan fingerprint density at radius 1 is 1.07 bits per heavy atom. The van der Waals surface area contributed by atoms with Gasteiger partial charge >= 0.3 is 0 Å². The lowest BCUT2D eigenvalue weighted by Crippen LogP contribution is -2.26. The number of nitrogen functional groups attached to an aromatic ring is 1. The molecule has 2 aromatic carbocycles. The summed E-state index contributed by atoms with van der Waals surface area (Å²) >= 11 is 0. The Kier molecular flexibility index (Phi) is 6.28. The summed E-state index contributed by atoms with van der Waals surface area (Å²) < 4.78 is 33.5. The first-order chi connectivity index (χ1) is 14.2. The number of carbonyl (C=O) groups excluding carboxylic acids is 2. The number of anilines is 2. The second-order valence-electron chi connectivity index (χ2n) is 7.56. The summed E-state index contributed by atoms with van der Waals surface area (Å²) in [5.74, 6) is -0.629.